The minimum atomic E-state index is -1.31. The number of allylic oxidation sites excluding steroid dienone is 1. The highest BCUT2D eigenvalue weighted by atomic mass is 16.4. The molecule has 0 rings (SSSR count). The molecule has 0 fully saturated rings. The molecule has 0 aromatic rings. The van der Waals surface area contributed by atoms with Crippen molar-refractivity contribution in [3.63, 3.8) is 0 Å². The molecule has 3 N–H and O–H groups in total. The predicted molar refractivity (Wildman–Crippen MR) is 118 cm³/mol. The third-order valence-electron chi connectivity index (χ3n) is 5.36. The zero-order chi connectivity index (χ0) is 21.7. The monoisotopic (exact) mass is 412 g/mol. The van der Waals surface area contributed by atoms with Crippen molar-refractivity contribution in [3.8, 4) is 0 Å². The SMILES string of the molecule is CCCCCCCCCCCC(O)=C(C(=O)O)C(=O)CCCCCCCCCO. The van der Waals surface area contributed by atoms with Crippen LogP contribution >= 0.6 is 0 Å². The van der Waals surface area contributed by atoms with Gasteiger partial charge in [0.05, 0.1) is 0 Å². The van der Waals surface area contributed by atoms with E-state index in [1.54, 1.807) is 0 Å². The molecule has 0 spiro atoms. The summed E-state index contributed by atoms with van der Waals surface area (Å²) in [6.45, 7) is 2.44. The topological polar surface area (TPSA) is 94.8 Å². The first-order chi connectivity index (χ1) is 14.0. The van der Waals surface area contributed by atoms with Crippen LogP contribution in [0.4, 0.5) is 0 Å². The first kappa shape index (κ1) is 27.6. The van der Waals surface area contributed by atoms with Gasteiger partial charge in [0.1, 0.15) is 11.3 Å². The molecule has 0 radical (unpaired) electrons. The Labute approximate surface area is 177 Å². The maximum atomic E-state index is 12.2. The molecule has 5 heteroatoms. The van der Waals surface area contributed by atoms with Gasteiger partial charge in [-0.1, -0.05) is 90.4 Å². The lowest BCUT2D eigenvalue weighted by atomic mass is 10.00. The normalized spacial score (nSPS) is 12.1. The number of Topliss-reactive ketones (excluding diaryl/α,β-unsaturated/α-hetero) is 1. The molecule has 0 atom stereocenters. The van der Waals surface area contributed by atoms with Gasteiger partial charge in [-0.05, 0) is 19.3 Å². The first-order valence-corrected chi connectivity index (χ1v) is 11.8. The van der Waals surface area contributed by atoms with Gasteiger partial charge in [-0.2, -0.15) is 0 Å². The van der Waals surface area contributed by atoms with Gasteiger partial charge in [-0.3, -0.25) is 4.79 Å². The van der Waals surface area contributed by atoms with Gasteiger partial charge < -0.3 is 15.3 Å². The number of ketones is 1. The number of aliphatic carboxylic acids is 1. The molecule has 0 aliphatic rings. The van der Waals surface area contributed by atoms with Gasteiger partial charge in [-0.25, -0.2) is 4.79 Å². The standard InChI is InChI=1S/C24H44O5/c1-2-3-4-5-6-7-9-12-15-18-21(26)23(24(28)29)22(27)19-16-13-10-8-11-14-17-20-25/h25-26H,2-20H2,1H3,(H,28,29). The first-order valence-electron chi connectivity index (χ1n) is 11.8. The van der Waals surface area contributed by atoms with Crippen molar-refractivity contribution >= 4 is 11.8 Å². The number of aliphatic hydroxyl groups excluding tert-OH is 2. The molecule has 0 saturated carbocycles. The molecule has 170 valence electrons. The number of carbonyl (C=O) groups is 2. The predicted octanol–water partition coefficient (Wildman–Crippen LogP) is 6.49. The largest absolute Gasteiger partial charge is 0.511 e. The quantitative estimate of drug-likeness (QED) is 0.0658. The van der Waals surface area contributed by atoms with Crippen LogP contribution in [0.3, 0.4) is 0 Å². The number of hydrogen-bond donors (Lipinski definition) is 3. The summed E-state index contributed by atoms with van der Waals surface area (Å²) >= 11 is 0. The Morgan fingerprint density at radius 1 is 0.586 bits per heavy atom. The van der Waals surface area contributed by atoms with Gasteiger partial charge >= 0.3 is 5.97 Å². The number of carboxylic acid groups (broad SMARTS) is 1. The van der Waals surface area contributed by atoms with Crippen molar-refractivity contribution in [1.82, 2.24) is 0 Å². The zero-order valence-corrected chi connectivity index (χ0v) is 18.6. The lowest BCUT2D eigenvalue weighted by Crippen LogP contribution is -2.15. The molecule has 0 aromatic heterocycles. The van der Waals surface area contributed by atoms with E-state index in [1.165, 1.54) is 38.5 Å². The van der Waals surface area contributed by atoms with Crippen molar-refractivity contribution < 1.29 is 24.9 Å². The van der Waals surface area contributed by atoms with Gasteiger partial charge in [0.2, 0.25) is 0 Å². The van der Waals surface area contributed by atoms with Gasteiger partial charge in [0.15, 0.2) is 5.78 Å². The summed E-state index contributed by atoms with van der Waals surface area (Å²) in [5.74, 6) is -2.02. The molecule has 0 aliphatic carbocycles. The number of carbonyl (C=O) groups excluding carboxylic acids is 1. The average Bonchev–Trinajstić information content (AvgIpc) is 2.68. The zero-order valence-electron chi connectivity index (χ0n) is 18.6. The van der Waals surface area contributed by atoms with E-state index in [4.69, 9.17) is 5.11 Å². The van der Waals surface area contributed by atoms with E-state index < -0.39 is 17.3 Å². The van der Waals surface area contributed by atoms with E-state index in [0.29, 0.717) is 6.42 Å². The third-order valence-corrected chi connectivity index (χ3v) is 5.36. The molecule has 5 nitrogen and oxygen atoms in total. The summed E-state index contributed by atoms with van der Waals surface area (Å²) in [6, 6.07) is 0. The molecule has 0 unspecified atom stereocenters. The maximum Gasteiger partial charge on any atom is 0.342 e. The Bertz CT molecular complexity index is 456. The lowest BCUT2D eigenvalue weighted by Gasteiger charge is -2.07. The molecule has 29 heavy (non-hydrogen) atoms. The van der Waals surface area contributed by atoms with E-state index in [2.05, 4.69) is 6.92 Å². The highest BCUT2D eigenvalue weighted by Crippen LogP contribution is 2.17. The van der Waals surface area contributed by atoms with Crippen LogP contribution in [-0.4, -0.2) is 33.7 Å². The highest BCUT2D eigenvalue weighted by molar-refractivity contribution is 6.16. The fourth-order valence-electron chi connectivity index (χ4n) is 3.54. The van der Waals surface area contributed by atoms with Crippen LogP contribution in [0, 0.1) is 0 Å². The fourth-order valence-corrected chi connectivity index (χ4v) is 3.54. The van der Waals surface area contributed by atoms with Crippen molar-refractivity contribution in [3.05, 3.63) is 11.3 Å². The second-order valence-electron chi connectivity index (χ2n) is 8.08. The summed E-state index contributed by atoms with van der Waals surface area (Å²) in [4.78, 5) is 23.7. The van der Waals surface area contributed by atoms with Crippen LogP contribution in [0.15, 0.2) is 11.3 Å². The maximum absolute atomic E-state index is 12.2. The number of unbranched alkanes of at least 4 members (excludes halogenated alkanes) is 14. The molecule has 0 bridgehead atoms. The number of hydrogen-bond acceptors (Lipinski definition) is 4. The number of carboxylic acids is 1. The van der Waals surface area contributed by atoms with E-state index in [-0.39, 0.29) is 25.2 Å². The van der Waals surface area contributed by atoms with Gasteiger partial charge in [0, 0.05) is 19.4 Å². The highest BCUT2D eigenvalue weighted by Gasteiger charge is 2.21. The second-order valence-corrected chi connectivity index (χ2v) is 8.08. The van der Waals surface area contributed by atoms with Crippen LogP contribution in [0.25, 0.3) is 0 Å². The molecule has 0 heterocycles. The Balaban J connectivity index is 4.03. The van der Waals surface area contributed by atoms with E-state index in [0.717, 1.165) is 57.8 Å². The van der Waals surface area contributed by atoms with Crippen molar-refractivity contribution in [2.45, 2.75) is 122 Å². The summed E-state index contributed by atoms with van der Waals surface area (Å²) in [6.07, 6.45) is 17.3. The van der Waals surface area contributed by atoms with Crippen molar-refractivity contribution in [2.24, 2.45) is 0 Å². The molecular weight excluding hydrogens is 368 g/mol. The Hall–Kier alpha value is -1.36. The smallest absolute Gasteiger partial charge is 0.342 e. The van der Waals surface area contributed by atoms with E-state index in [1.807, 2.05) is 0 Å². The van der Waals surface area contributed by atoms with Crippen LogP contribution in [0.5, 0.6) is 0 Å². The fraction of sp³-hybridized carbons (Fsp3) is 0.833. The summed E-state index contributed by atoms with van der Waals surface area (Å²) in [7, 11) is 0. The van der Waals surface area contributed by atoms with E-state index in [9.17, 15) is 19.8 Å². The van der Waals surface area contributed by atoms with Gasteiger partial charge in [-0.15, -0.1) is 0 Å². The minimum Gasteiger partial charge on any atom is -0.511 e. The molecular formula is C24H44O5. The Kier molecular flexibility index (Phi) is 19.0. The molecule has 0 aromatic carbocycles. The van der Waals surface area contributed by atoms with Crippen molar-refractivity contribution in [2.75, 3.05) is 6.61 Å². The summed E-state index contributed by atoms with van der Waals surface area (Å²) < 4.78 is 0. The second kappa shape index (κ2) is 19.9. The molecule has 0 amide bonds. The van der Waals surface area contributed by atoms with Gasteiger partial charge in [0.25, 0.3) is 0 Å². The van der Waals surface area contributed by atoms with Crippen LogP contribution < -0.4 is 0 Å². The average molecular weight is 413 g/mol. The number of rotatable bonds is 21. The Morgan fingerprint density at radius 3 is 1.45 bits per heavy atom. The number of aliphatic hydroxyl groups is 2. The minimum absolute atomic E-state index is 0.181. The van der Waals surface area contributed by atoms with Crippen LogP contribution in [-0.2, 0) is 9.59 Å². The Morgan fingerprint density at radius 2 is 1.00 bits per heavy atom. The third kappa shape index (κ3) is 16.2. The van der Waals surface area contributed by atoms with Crippen LogP contribution in [0.1, 0.15) is 122 Å². The summed E-state index contributed by atoms with van der Waals surface area (Å²) in [5, 5.41) is 28.2. The molecule has 0 aliphatic heterocycles. The van der Waals surface area contributed by atoms with Crippen molar-refractivity contribution in [1.29, 1.82) is 0 Å². The lowest BCUT2D eigenvalue weighted by molar-refractivity contribution is -0.135. The van der Waals surface area contributed by atoms with E-state index >= 15 is 0 Å². The summed E-state index contributed by atoms with van der Waals surface area (Å²) in [5.41, 5.74) is -0.410. The van der Waals surface area contributed by atoms with Crippen LogP contribution in [0.2, 0.25) is 0 Å². The molecule has 0 saturated heterocycles.